The van der Waals surface area contributed by atoms with Crippen molar-refractivity contribution in [1.82, 2.24) is 19.8 Å². The molecule has 5 rings (SSSR count). The molecule has 1 N–H and O–H groups in total. The van der Waals surface area contributed by atoms with Gasteiger partial charge in [0.15, 0.2) is 0 Å². The Morgan fingerprint density at radius 2 is 1.65 bits per heavy atom. The first-order valence-electron chi connectivity index (χ1n) is 11.7. The summed E-state index contributed by atoms with van der Waals surface area (Å²) in [6, 6.07) is 15.9. The highest BCUT2D eigenvalue weighted by Crippen LogP contribution is 2.29. The number of hydrogen-bond acceptors (Lipinski definition) is 6. The van der Waals surface area contributed by atoms with Crippen molar-refractivity contribution < 1.29 is 24.3 Å². The number of piperazine rings is 1. The third kappa shape index (κ3) is 4.43. The summed E-state index contributed by atoms with van der Waals surface area (Å²) in [5.74, 6) is 0.0775. The van der Waals surface area contributed by atoms with Crippen LogP contribution in [0.2, 0.25) is 0 Å². The minimum Gasteiger partial charge on any atom is -0.508 e. The number of carbonyl (C=O) groups is 3. The van der Waals surface area contributed by atoms with Crippen molar-refractivity contribution in [2.24, 2.45) is 0 Å². The molecule has 2 aromatic carbocycles. The Bertz CT molecular complexity index is 1050. The summed E-state index contributed by atoms with van der Waals surface area (Å²) in [7, 11) is 0. The topological polar surface area (TPSA) is 93.6 Å². The molecular weight excluding hydrogens is 436 g/mol. The standard InChI is InChI=1S/C25H28N4O5/c30-21-8-6-18(7-9-21)16-26-14-15-28-22(17-26)23(31)29(24(28)32)34-25(33)27-12-10-20(11-13-27)19-4-2-1-3-5-19/h1-9,20,22,30H,10-17H2. The van der Waals surface area contributed by atoms with Crippen LogP contribution in [0.25, 0.3) is 0 Å². The van der Waals surface area contributed by atoms with Crippen molar-refractivity contribution in [2.75, 3.05) is 32.7 Å². The summed E-state index contributed by atoms with van der Waals surface area (Å²) in [5, 5.41) is 10.1. The number of imide groups is 1. The van der Waals surface area contributed by atoms with Gasteiger partial charge in [-0.1, -0.05) is 47.5 Å². The van der Waals surface area contributed by atoms with Crippen molar-refractivity contribution in [2.45, 2.75) is 31.3 Å². The molecular formula is C25H28N4O5. The Labute approximate surface area is 198 Å². The number of rotatable bonds is 4. The molecule has 3 aliphatic heterocycles. The van der Waals surface area contributed by atoms with E-state index in [9.17, 15) is 19.5 Å². The number of carbonyl (C=O) groups excluding carboxylic acids is 3. The smallest absolute Gasteiger partial charge is 0.434 e. The monoisotopic (exact) mass is 464 g/mol. The zero-order chi connectivity index (χ0) is 23.7. The van der Waals surface area contributed by atoms with Gasteiger partial charge in [-0.05, 0) is 42.0 Å². The zero-order valence-electron chi connectivity index (χ0n) is 18.9. The van der Waals surface area contributed by atoms with Crippen molar-refractivity contribution >= 4 is 18.0 Å². The van der Waals surface area contributed by atoms with Gasteiger partial charge in [0.1, 0.15) is 11.8 Å². The number of benzene rings is 2. The molecule has 2 aromatic rings. The van der Waals surface area contributed by atoms with Crippen molar-refractivity contribution in [3.05, 3.63) is 65.7 Å². The number of hydroxylamine groups is 2. The lowest BCUT2D eigenvalue weighted by atomic mass is 9.90. The number of urea groups is 1. The summed E-state index contributed by atoms with van der Waals surface area (Å²) >= 11 is 0. The average Bonchev–Trinajstić information content (AvgIpc) is 3.10. The molecule has 1 atom stereocenters. The number of piperidine rings is 1. The van der Waals surface area contributed by atoms with Gasteiger partial charge >= 0.3 is 12.1 Å². The van der Waals surface area contributed by atoms with Gasteiger partial charge in [0.25, 0.3) is 5.91 Å². The number of phenolic OH excluding ortho intramolecular Hbond substituents is 1. The van der Waals surface area contributed by atoms with Gasteiger partial charge in [-0.3, -0.25) is 9.69 Å². The molecule has 0 bridgehead atoms. The van der Waals surface area contributed by atoms with E-state index in [0.717, 1.165) is 18.4 Å². The number of aromatic hydroxyl groups is 1. The molecule has 3 heterocycles. The van der Waals surface area contributed by atoms with Crippen LogP contribution in [0.5, 0.6) is 5.75 Å². The minimum absolute atomic E-state index is 0.201. The number of likely N-dealkylation sites (tertiary alicyclic amines) is 1. The summed E-state index contributed by atoms with van der Waals surface area (Å²) < 4.78 is 0. The first kappa shape index (κ1) is 22.2. The van der Waals surface area contributed by atoms with Gasteiger partial charge in [-0.15, -0.1) is 0 Å². The lowest BCUT2D eigenvalue weighted by Gasteiger charge is -2.35. The Morgan fingerprint density at radius 1 is 0.941 bits per heavy atom. The molecule has 0 radical (unpaired) electrons. The fourth-order valence-electron chi connectivity index (χ4n) is 4.97. The SMILES string of the molecule is O=C(ON1C(=O)C2CN(Cc3ccc(O)cc3)CCN2C1=O)N1CCC(c2ccccc2)CC1. The van der Waals surface area contributed by atoms with Crippen LogP contribution in [0.3, 0.4) is 0 Å². The number of phenols is 1. The molecule has 3 aliphatic rings. The third-order valence-corrected chi connectivity index (χ3v) is 6.91. The van der Waals surface area contributed by atoms with Crippen LogP contribution in [0.4, 0.5) is 9.59 Å². The summed E-state index contributed by atoms with van der Waals surface area (Å²) in [4.78, 5) is 48.9. The Kier molecular flexibility index (Phi) is 6.10. The first-order valence-corrected chi connectivity index (χ1v) is 11.7. The van der Waals surface area contributed by atoms with Crippen molar-refractivity contribution in [3.8, 4) is 5.75 Å². The molecule has 9 heteroatoms. The number of fused-ring (bicyclic) bond motifs is 1. The highest BCUT2D eigenvalue weighted by Gasteiger charge is 2.50. The molecule has 3 saturated heterocycles. The Balaban J connectivity index is 1.16. The van der Waals surface area contributed by atoms with E-state index in [0.29, 0.717) is 50.2 Å². The second kappa shape index (κ2) is 9.34. The van der Waals surface area contributed by atoms with Crippen molar-refractivity contribution in [3.63, 3.8) is 0 Å². The maximum absolute atomic E-state index is 13.0. The van der Waals surface area contributed by atoms with Gasteiger partial charge in [0.2, 0.25) is 0 Å². The van der Waals surface area contributed by atoms with Gasteiger partial charge in [0.05, 0.1) is 0 Å². The Hall–Kier alpha value is -3.59. The predicted octanol–water partition coefficient (Wildman–Crippen LogP) is 2.77. The average molecular weight is 465 g/mol. The van der Waals surface area contributed by atoms with E-state index in [1.165, 1.54) is 10.5 Å². The second-order valence-electron chi connectivity index (χ2n) is 9.06. The summed E-state index contributed by atoms with van der Waals surface area (Å²) in [6.45, 7) is 2.98. The van der Waals surface area contributed by atoms with E-state index < -0.39 is 24.1 Å². The summed E-state index contributed by atoms with van der Waals surface area (Å²) in [6.07, 6.45) is 0.957. The predicted molar refractivity (Wildman–Crippen MR) is 123 cm³/mol. The van der Waals surface area contributed by atoms with E-state index in [-0.39, 0.29) is 5.75 Å². The van der Waals surface area contributed by atoms with E-state index >= 15 is 0 Å². The molecule has 4 amide bonds. The second-order valence-corrected chi connectivity index (χ2v) is 9.06. The fraction of sp³-hybridized carbons (Fsp3) is 0.400. The number of hydrogen-bond donors (Lipinski definition) is 1. The lowest BCUT2D eigenvalue weighted by molar-refractivity contribution is -0.152. The van der Waals surface area contributed by atoms with Crippen molar-refractivity contribution in [1.29, 1.82) is 0 Å². The zero-order valence-corrected chi connectivity index (χ0v) is 18.9. The van der Waals surface area contributed by atoms with Crippen LogP contribution in [-0.2, 0) is 16.2 Å². The van der Waals surface area contributed by atoms with Crippen LogP contribution in [0.15, 0.2) is 54.6 Å². The van der Waals surface area contributed by atoms with E-state index in [1.807, 2.05) is 30.3 Å². The molecule has 0 saturated carbocycles. The van der Waals surface area contributed by atoms with Gasteiger partial charge < -0.3 is 19.7 Å². The Morgan fingerprint density at radius 3 is 2.35 bits per heavy atom. The van der Waals surface area contributed by atoms with Crippen LogP contribution in [0.1, 0.15) is 29.9 Å². The van der Waals surface area contributed by atoms with E-state index in [4.69, 9.17) is 4.84 Å². The number of amides is 4. The van der Waals surface area contributed by atoms with Gasteiger partial charge in [-0.2, -0.15) is 0 Å². The van der Waals surface area contributed by atoms with E-state index in [1.54, 1.807) is 17.0 Å². The van der Waals surface area contributed by atoms with Crippen LogP contribution in [0, 0.1) is 0 Å². The van der Waals surface area contributed by atoms with Crippen LogP contribution < -0.4 is 0 Å². The van der Waals surface area contributed by atoms with Gasteiger partial charge in [0, 0.05) is 39.3 Å². The first-order chi connectivity index (χ1) is 16.5. The molecule has 178 valence electrons. The molecule has 3 fully saturated rings. The molecule has 0 aliphatic carbocycles. The third-order valence-electron chi connectivity index (χ3n) is 6.91. The highest BCUT2D eigenvalue weighted by atomic mass is 16.7. The molecule has 1 unspecified atom stereocenters. The normalized spacial score (nSPS) is 21.6. The largest absolute Gasteiger partial charge is 0.508 e. The molecule has 9 nitrogen and oxygen atoms in total. The highest BCUT2D eigenvalue weighted by molar-refractivity contribution is 6.04. The maximum Gasteiger partial charge on any atom is 0.434 e. The molecule has 34 heavy (non-hydrogen) atoms. The fourth-order valence-corrected chi connectivity index (χ4v) is 4.97. The minimum atomic E-state index is -0.671. The lowest BCUT2D eigenvalue weighted by Crippen LogP contribution is -2.52. The number of nitrogens with zero attached hydrogens (tertiary/aromatic N) is 4. The van der Waals surface area contributed by atoms with Crippen LogP contribution >= 0.6 is 0 Å². The van der Waals surface area contributed by atoms with Crippen LogP contribution in [-0.4, -0.2) is 81.7 Å². The quantitative estimate of drug-likeness (QED) is 0.700. The maximum atomic E-state index is 13.0. The van der Waals surface area contributed by atoms with Gasteiger partial charge in [-0.25, -0.2) is 9.59 Å². The molecule has 0 spiro atoms. The summed E-state index contributed by atoms with van der Waals surface area (Å²) in [5.41, 5.74) is 2.26. The molecule has 0 aromatic heterocycles. The van der Waals surface area contributed by atoms with E-state index in [2.05, 4.69) is 17.0 Å².